The van der Waals surface area contributed by atoms with Crippen molar-refractivity contribution in [3.63, 3.8) is 0 Å². The lowest BCUT2D eigenvalue weighted by molar-refractivity contribution is 0.0989. The zero-order valence-corrected chi connectivity index (χ0v) is 20.4. The number of hydrogen-bond donors (Lipinski definition) is 2. The molecule has 0 radical (unpaired) electrons. The van der Waals surface area contributed by atoms with Gasteiger partial charge in [0.25, 0.3) is 17.4 Å². The fourth-order valence-electron chi connectivity index (χ4n) is 3.31. The Morgan fingerprint density at radius 2 is 1.61 bits per heavy atom. The number of nitrogens with one attached hydrogen (secondary N) is 2. The van der Waals surface area contributed by atoms with Crippen LogP contribution < -0.4 is 16.2 Å². The molecule has 2 N–H and O–H groups in total. The van der Waals surface area contributed by atoms with E-state index in [1.807, 2.05) is 26.0 Å². The second-order valence-corrected chi connectivity index (χ2v) is 9.41. The number of anilines is 2. The highest BCUT2D eigenvalue weighted by Crippen LogP contribution is 2.25. The van der Waals surface area contributed by atoms with Crippen molar-refractivity contribution in [2.24, 2.45) is 0 Å². The van der Waals surface area contributed by atoms with E-state index >= 15 is 0 Å². The Balaban J connectivity index is 1.79. The number of hydrogen-bond acceptors (Lipinski definition) is 5. The molecule has 0 bridgehead atoms. The van der Waals surface area contributed by atoms with Gasteiger partial charge in [0.15, 0.2) is 4.96 Å². The molecule has 0 saturated carbocycles. The molecule has 2 aromatic carbocycles. The van der Waals surface area contributed by atoms with Gasteiger partial charge < -0.3 is 10.6 Å². The number of thiazole rings is 1. The molecular formula is C24H21BrN4O3S. The van der Waals surface area contributed by atoms with Gasteiger partial charge >= 0.3 is 0 Å². The average molecular weight is 525 g/mol. The molecule has 0 unspecified atom stereocenters. The van der Waals surface area contributed by atoms with Crippen LogP contribution in [-0.2, 0) is 6.42 Å². The lowest BCUT2D eigenvalue weighted by atomic mass is 10.2. The maximum atomic E-state index is 13.3. The Kier molecular flexibility index (Phi) is 6.71. The molecule has 0 aliphatic heterocycles. The maximum Gasteiger partial charge on any atom is 0.274 e. The standard InChI is InChI=1S/C24H21BrN4O3S/c1-3-4-18-13-19(30)29-20(22(31)26-17-11-7-15(25)8-12-17)21(33-24(29)28-18)23(32)27-16-9-5-14(2)6-10-16/h5-13H,3-4H2,1-2H3,(H,26,31)(H,27,32). The lowest BCUT2D eigenvalue weighted by Gasteiger charge is -2.08. The van der Waals surface area contributed by atoms with Gasteiger partial charge in [0.05, 0.1) is 0 Å². The molecule has 33 heavy (non-hydrogen) atoms. The molecule has 4 aromatic rings. The predicted molar refractivity (Wildman–Crippen MR) is 135 cm³/mol. The second kappa shape index (κ2) is 9.68. The minimum absolute atomic E-state index is 0.0388. The van der Waals surface area contributed by atoms with Crippen molar-refractivity contribution in [1.29, 1.82) is 0 Å². The third kappa shape index (κ3) is 5.04. The number of halogens is 1. The summed E-state index contributed by atoms with van der Waals surface area (Å²) in [5.41, 5.74) is 2.39. The summed E-state index contributed by atoms with van der Waals surface area (Å²) in [4.78, 5) is 44.3. The summed E-state index contributed by atoms with van der Waals surface area (Å²) in [6, 6.07) is 15.8. The summed E-state index contributed by atoms with van der Waals surface area (Å²) in [5.74, 6) is -1.04. The SMILES string of the molecule is CCCc1cc(=O)n2c(C(=O)Nc3ccc(Br)cc3)c(C(=O)Nc3ccc(C)cc3)sc2n1. The first-order chi connectivity index (χ1) is 15.9. The molecule has 0 aliphatic rings. The normalized spacial score (nSPS) is 10.9. The number of carbonyl (C=O) groups excluding carboxylic acids is 2. The number of carbonyl (C=O) groups is 2. The molecule has 0 aliphatic carbocycles. The van der Waals surface area contributed by atoms with Crippen LogP contribution in [0.5, 0.6) is 0 Å². The Bertz CT molecular complexity index is 1390. The van der Waals surface area contributed by atoms with Crippen LogP contribution >= 0.6 is 27.3 Å². The third-order valence-corrected chi connectivity index (χ3v) is 6.48. The summed E-state index contributed by atoms with van der Waals surface area (Å²) in [5, 5.41) is 5.59. The Hall–Kier alpha value is -3.30. The molecule has 2 heterocycles. The minimum Gasteiger partial charge on any atom is -0.321 e. The van der Waals surface area contributed by atoms with Crippen molar-refractivity contribution < 1.29 is 9.59 Å². The molecule has 9 heteroatoms. The summed E-state index contributed by atoms with van der Waals surface area (Å²) in [6.07, 6.45) is 1.46. The van der Waals surface area contributed by atoms with Gasteiger partial charge in [0.2, 0.25) is 0 Å². The molecule has 0 atom stereocenters. The highest BCUT2D eigenvalue weighted by atomic mass is 79.9. The topological polar surface area (TPSA) is 92.6 Å². The van der Waals surface area contributed by atoms with Crippen molar-refractivity contribution in [3.8, 4) is 0 Å². The van der Waals surface area contributed by atoms with E-state index in [1.165, 1.54) is 10.5 Å². The highest BCUT2D eigenvalue weighted by molar-refractivity contribution is 9.10. The molecule has 2 amide bonds. The number of benzene rings is 2. The van der Waals surface area contributed by atoms with Crippen LogP contribution in [0.15, 0.2) is 63.9 Å². The summed E-state index contributed by atoms with van der Waals surface area (Å²) >= 11 is 4.38. The van der Waals surface area contributed by atoms with E-state index in [4.69, 9.17) is 0 Å². The van der Waals surface area contributed by atoms with Gasteiger partial charge in [0, 0.05) is 27.6 Å². The van der Waals surface area contributed by atoms with E-state index in [9.17, 15) is 14.4 Å². The first kappa shape index (κ1) is 22.9. The smallest absolute Gasteiger partial charge is 0.274 e. The van der Waals surface area contributed by atoms with Crippen LogP contribution in [0, 0.1) is 6.92 Å². The van der Waals surface area contributed by atoms with Crippen molar-refractivity contribution in [2.45, 2.75) is 26.7 Å². The maximum absolute atomic E-state index is 13.3. The molecule has 168 valence electrons. The van der Waals surface area contributed by atoms with E-state index in [-0.39, 0.29) is 10.6 Å². The molecule has 2 aromatic heterocycles. The number of nitrogens with zero attached hydrogens (tertiary/aromatic N) is 2. The summed E-state index contributed by atoms with van der Waals surface area (Å²) in [7, 11) is 0. The van der Waals surface area contributed by atoms with Crippen LogP contribution in [0.3, 0.4) is 0 Å². The monoisotopic (exact) mass is 524 g/mol. The molecule has 4 rings (SSSR count). The molecule has 0 spiro atoms. The number of aryl methyl sites for hydroxylation is 2. The van der Waals surface area contributed by atoms with E-state index < -0.39 is 17.4 Å². The van der Waals surface area contributed by atoms with Crippen molar-refractivity contribution in [3.05, 3.63) is 91.3 Å². The van der Waals surface area contributed by atoms with Gasteiger partial charge in [-0.25, -0.2) is 9.38 Å². The fourth-order valence-corrected chi connectivity index (χ4v) is 4.62. The second-order valence-electron chi connectivity index (χ2n) is 7.51. The molecule has 7 nitrogen and oxygen atoms in total. The Morgan fingerprint density at radius 3 is 2.24 bits per heavy atom. The van der Waals surface area contributed by atoms with Crippen molar-refractivity contribution in [1.82, 2.24) is 9.38 Å². The van der Waals surface area contributed by atoms with Gasteiger partial charge in [-0.2, -0.15) is 0 Å². The van der Waals surface area contributed by atoms with Crippen LogP contribution in [0.1, 0.15) is 44.8 Å². The summed E-state index contributed by atoms with van der Waals surface area (Å²) in [6.45, 7) is 3.95. The van der Waals surface area contributed by atoms with Crippen LogP contribution in [0.25, 0.3) is 4.96 Å². The number of rotatable bonds is 6. The van der Waals surface area contributed by atoms with Gasteiger partial charge in [-0.1, -0.05) is 58.3 Å². The van der Waals surface area contributed by atoms with Gasteiger partial charge in [-0.3, -0.25) is 14.4 Å². The first-order valence-electron chi connectivity index (χ1n) is 10.4. The Labute approximate surface area is 202 Å². The van der Waals surface area contributed by atoms with Gasteiger partial charge in [-0.15, -0.1) is 0 Å². The Morgan fingerprint density at radius 1 is 1.00 bits per heavy atom. The van der Waals surface area contributed by atoms with E-state index in [1.54, 1.807) is 36.4 Å². The lowest BCUT2D eigenvalue weighted by Crippen LogP contribution is -2.25. The number of amides is 2. The van der Waals surface area contributed by atoms with Crippen LogP contribution in [0.2, 0.25) is 0 Å². The molecule has 0 fully saturated rings. The van der Waals surface area contributed by atoms with Gasteiger partial charge in [0.1, 0.15) is 10.6 Å². The minimum atomic E-state index is -0.565. The fraction of sp³-hybridized carbons (Fsp3) is 0.167. The number of aromatic nitrogens is 2. The zero-order chi connectivity index (χ0) is 23.5. The predicted octanol–water partition coefficient (Wildman–Crippen LogP) is 5.28. The molecule has 0 saturated heterocycles. The largest absolute Gasteiger partial charge is 0.321 e. The van der Waals surface area contributed by atoms with Crippen molar-refractivity contribution >= 4 is 55.4 Å². The van der Waals surface area contributed by atoms with Crippen LogP contribution in [0.4, 0.5) is 11.4 Å². The van der Waals surface area contributed by atoms with Crippen molar-refractivity contribution in [2.75, 3.05) is 10.6 Å². The zero-order valence-electron chi connectivity index (χ0n) is 18.0. The highest BCUT2D eigenvalue weighted by Gasteiger charge is 2.26. The van der Waals surface area contributed by atoms with E-state index in [0.717, 1.165) is 27.8 Å². The number of fused-ring (bicyclic) bond motifs is 1. The third-order valence-electron chi connectivity index (χ3n) is 4.91. The van der Waals surface area contributed by atoms with Crippen LogP contribution in [-0.4, -0.2) is 21.2 Å². The van der Waals surface area contributed by atoms with E-state index in [2.05, 4.69) is 31.5 Å². The average Bonchev–Trinajstić information content (AvgIpc) is 3.17. The summed E-state index contributed by atoms with van der Waals surface area (Å²) < 4.78 is 2.07. The van der Waals surface area contributed by atoms with Gasteiger partial charge in [-0.05, 0) is 49.7 Å². The first-order valence-corrected chi connectivity index (χ1v) is 12.0. The van der Waals surface area contributed by atoms with E-state index in [0.29, 0.717) is 28.5 Å². The quantitative estimate of drug-likeness (QED) is 0.358. The molecular weight excluding hydrogens is 504 g/mol.